The minimum Gasteiger partial charge on any atom is -0.378 e. The van der Waals surface area contributed by atoms with Gasteiger partial charge in [0.2, 0.25) is 0 Å². The molecule has 1 heterocycles. The number of benzene rings is 1. The number of hydrogen-bond donors (Lipinski definition) is 0. The molecule has 2 rings (SSSR count). The van der Waals surface area contributed by atoms with Gasteiger partial charge in [-0.05, 0) is 50.3 Å². The summed E-state index contributed by atoms with van der Waals surface area (Å²) in [4.78, 5) is 0. The van der Waals surface area contributed by atoms with Crippen molar-refractivity contribution in [3.05, 3.63) is 34.9 Å². The molecule has 1 aromatic rings. The smallest absolute Gasteiger partial charge is 0.0618 e. The van der Waals surface area contributed by atoms with E-state index in [4.69, 9.17) is 16.3 Å². The Morgan fingerprint density at radius 1 is 1.35 bits per heavy atom. The second kappa shape index (κ2) is 4.99. The fraction of sp³-hybridized carbons (Fsp3) is 0.600. The van der Waals surface area contributed by atoms with Crippen LogP contribution in [0.3, 0.4) is 0 Å². The zero-order valence-electron chi connectivity index (χ0n) is 10.9. The monoisotopic (exact) mass is 252 g/mol. The third kappa shape index (κ3) is 2.51. The molecule has 1 fully saturated rings. The van der Waals surface area contributed by atoms with Crippen molar-refractivity contribution in [2.24, 2.45) is 5.41 Å². The molecule has 1 aliphatic heterocycles. The normalized spacial score (nSPS) is 28.6. The van der Waals surface area contributed by atoms with E-state index in [1.165, 1.54) is 16.7 Å². The van der Waals surface area contributed by atoms with Crippen LogP contribution in [-0.4, -0.2) is 18.6 Å². The van der Waals surface area contributed by atoms with Crippen molar-refractivity contribution in [3.63, 3.8) is 0 Å². The summed E-state index contributed by atoms with van der Waals surface area (Å²) in [5, 5.41) is 0. The molecule has 0 amide bonds. The molecule has 0 aliphatic carbocycles. The minimum absolute atomic E-state index is 0.128. The van der Waals surface area contributed by atoms with Crippen molar-refractivity contribution in [1.82, 2.24) is 0 Å². The highest BCUT2D eigenvalue weighted by Gasteiger charge is 2.40. The van der Waals surface area contributed by atoms with E-state index in [-0.39, 0.29) is 11.5 Å². The van der Waals surface area contributed by atoms with E-state index in [2.05, 4.69) is 39.0 Å². The van der Waals surface area contributed by atoms with Gasteiger partial charge >= 0.3 is 0 Å². The van der Waals surface area contributed by atoms with Gasteiger partial charge in [-0.15, -0.1) is 11.6 Å². The summed E-state index contributed by atoms with van der Waals surface area (Å²) in [5.74, 6) is 0.682. The lowest BCUT2D eigenvalue weighted by Gasteiger charge is -2.30. The zero-order chi connectivity index (χ0) is 12.5. The van der Waals surface area contributed by atoms with E-state index in [9.17, 15) is 0 Å². The molecule has 2 unspecified atom stereocenters. The van der Waals surface area contributed by atoms with E-state index >= 15 is 0 Å². The number of aryl methyl sites for hydroxylation is 2. The number of halogens is 1. The van der Waals surface area contributed by atoms with Crippen molar-refractivity contribution in [2.75, 3.05) is 12.5 Å². The van der Waals surface area contributed by atoms with E-state index in [1.807, 2.05) is 0 Å². The molecule has 1 nitrogen and oxygen atoms in total. The van der Waals surface area contributed by atoms with Crippen LogP contribution < -0.4 is 0 Å². The van der Waals surface area contributed by atoms with Gasteiger partial charge < -0.3 is 4.74 Å². The zero-order valence-corrected chi connectivity index (χ0v) is 11.7. The summed E-state index contributed by atoms with van der Waals surface area (Å²) in [6, 6.07) is 6.71. The average molecular weight is 253 g/mol. The predicted molar refractivity (Wildman–Crippen MR) is 72.8 cm³/mol. The van der Waals surface area contributed by atoms with Crippen LogP contribution in [0.4, 0.5) is 0 Å². The number of rotatable bonds is 3. The van der Waals surface area contributed by atoms with Gasteiger partial charge in [-0.1, -0.05) is 18.2 Å². The molecule has 0 radical (unpaired) electrons. The summed E-state index contributed by atoms with van der Waals surface area (Å²) in [5.41, 5.74) is 4.22. The first-order valence-electron chi connectivity index (χ1n) is 6.31. The maximum absolute atomic E-state index is 6.20. The van der Waals surface area contributed by atoms with E-state index in [1.54, 1.807) is 0 Å². The molecule has 2 atom stereocenters. The van der Waals surface area contributed by atoms with Crippen molar-refractivity contribution in [3.8, 4) is 0 Å². The van der Waals surface area contributed by atoms with Crippen LogP contribution in [0.1, 0.15) is 30.0 Å². The predicted octanol–water partition coefficient (Wildman–Crippen LogP) is 3.88. The fourth-order valence-corrected chi connectivity index (χ4v) is 3.04. The highest BCUT2D eigenvalue weighted by atomic mass is 35.5. The Balaban J connectivity index is 2.21. The quantitative estimate of drug-likeness (QED) is 0.742. The van der Waals surface area contributed by atoms with Crippen molar-refractivity contribution in [1.29, 1.82) is 0 Å². The number of ether oxygens (including phenoxy) is 1. The summed E-state index contributed by atoms with van der Waals surface area (Å²) in [6.07, 6.45) is 2.37. The standard InChI is InChI=1S/C15H21ClO/c1-11-4-5-14(8-12(11)2)9-15(10-16)6-7-17-13(15)3/h4-5,8,13H,6-7,9-10H2,1-3H3. The summed E-state index contributed by atoms with van der Waals surface area (Å²) in [7, 11) is 0. The lowest BCUT2D eigenvalue weighted by molar-refractivity contribution is 0.0735. The molecule has 0 aromatic heterocycles. The van der Waals surface area contributed by atoms with Gasteiger partial charge in [0.05, 0.1) is 6.10 Å². The number of hydrogen-bond acceptors (Lipinski definition) is 1. The maximum Gasteiger partial charge on any atom is 0.0618 e. The Kier molecular flexibility index (Phi) is 3.79. The molecule has 0 bridgehead atoms. The highest BCUT2D eigenvalue weighted by Crippen LogP contribution is 2.39. The Hall–Kier alpha value is -0.530. The Morgan fingerprint density at radius 2 is 2.12 bits per heavy atom. The van der Waals surface area contributed by atoms with Crippen LogP contribution >= 0.6 is 11.6 Å². The number of alkyl halides is 1. The van der Waals surface area contributed by atoms with Gasteiger partial charge in [0.15, 0.2) is 0 Å². The van der Waals surface area contributed by atoms with Crippen molar-refractivity contribution in [2.45, 2.75) is 39.7 Å². The van der Waals surface area contributed by atoms with Crippen LogP contribution in [0.2, 0.25) is 0 Å². The molecule has 1 aromatic carbocycles. The Bertz CT molecular complexity index is 402. The lowest BCUT2D eigenvalue weighted by atomic mass is 9.78. The Morgan fingerprint density at radius 3 is 2.65 bits per heavy atom. The fourth-order valence-electron chi connectivity index (χ4n) is 2.59. The Labute approximate surface area is 109 Å². The maximum atomic E-state index is 6.20. The first-order chi connectivity index (χ1) is 8.07. The van der Waals surface area contributed by atoms with Crippen molar-refractivity contribution >= 4 is 11.6 Å². The van der Waals surface area contributed by atoms with Crippen LogP contribution in [-0.2, 0) is 11.2 Å². The van der Waals surface area contributed by atoms with Crippen LogP contribution in [0.15, 0.2) is 18.2 Å². The highest BCUT2D eigenvalue weighted by molar-refractivity contribution is 6.18. The minimum atomic E-state index is 0.128. The molecule has 1 aliphatic rings. The van der Waals surface area contributed by atoms with Gasteiger partial charge in [0.1, 0.15) is 0 Å². The van der Waals surface area contributed by atoms with Crippen LogP contribution in [0.5, 0.6) is 0 Å². The second-order valence-electron chi connectivity index (χ2n) is 5.35. The third-order valence-electron chi connectivity index (χ3n) is 4.22. The lowest BCUT2D eigenvalue weighted by Crippen LogP contribution is -2.33. The molecule has 0 saturated carbocycles. The van der Waals surface area contributed by atoms with Crippen molar-refractivity contribution < 1.29 is 4.74 Å². The first kappa shape index (κ1) is 12.9. The molecule has 2 heteroatoms. The van der Waals surface area contributed by atoms with E-state index < -0.39 is 0 Å². The summed E-state index contributed by atoms with van der Waals surface area (Å²) >= 11 is 6.20. The van der Waals surface area contributed by atoms with Gasteiger partial charge in [0, 0.05) is 17.9 Å². The molecular weight excluding hydrogens is 232 g/mol. The largest absolute Gasteiger partial charge is 0.378 e. The van der Waals surface area contributed by atoms with Gasteiger partial charge in [0.25, 0.3) is 0 Å². The molecule has 0 spiro atoms. The van der Waals surface area contributed by atoms with Gasteiger partial charge in [-0.2, -0.15) is 0 Å². The first-order valence-corrected chi connectivity index (χ1v) is 6.84. The van der Waals surface area contributed by atoms with E-state index in [0.717, 1.165) is 19.4 Å². The van der Waals surface area contributed by atoms with Crippen LogP contribution in [0.25, 0.3) is 0 Å². The summed E-state index contributed by atoms with van der Waals surface area (Å²) in [6.45, 7) is 7.31. The third-order valence-corrected chi connectivity index (χ3v) is 4.76. The van der Waals surface area contributed by atoms with E-state index in [0.29, 0.717) is 5.88 Å². The molecule has 17 heavy (non-hydrogen) atoms. The second-order valence-corrected chi connectivity index (χ2v) is 5.62. The average Bonchev–Trinajstić information content (AvgIpc) is 2.66. The molecule has 0 N–H and O–H groups in total. The SMILES string of the molecule is Cc1ccc(CC2(CCl)CCOC2C)cc1C. The molecule has 1 saturated heterocycles. The summed E-state index contributed by atoms with van der Waals surface area (Å²) < 4.78 is 5.70. The van der Waals surface area contributed by atoms with Gasteiger partial charge in [-0.25, -0.2) is 0 Å². The van der Waals surface area contributed by atoms with Crippen LogP contribution in [0, 0.1) is 19.3 Å². The van der Waals surface area contributed by atoms with Gasteiger partial charge in [-0.3, -0.25) is 0 Å². The molecule has 94 valence electrons. The molecular formula is C15H21ClO. The topological polar surface area (TPSA) is 9.23 Å².